The Labute approximate surface area is 156 Å². The first-order valence-corrected chi connectivity index (χ1v) is 9.19. The van der Waals surface area contributed by atoms with Gasteiger partial charge in [-0.15, -0.1) is 0 Å². The van der Waals surface area contributed by atoms with Crippen molar-refractivity contribution < 1.29 is 14.6 Å². The lowest BCUT2D eigenvalue weighted by atomic mass is 10.2. The van der Waals surface area contributed by atoms with E-state index < -0.39 is 5.56 Å². The van der Waals surface area contributed by atoms with Crippen LogP contribution in [0.3, 0.4) is 0 Å². The normalized spacial score (nSPS) is 17.2. The Kier molecular flexibility index (Phi) is 6.60. The van der Waals surface area contributed by atoms with E-state index in [-0.39, 0.29) is 23.6 Å². The molecule has 2 aromatic rings. The van der Waals surface area contributed by atoms with Crippen LogP contribution in [-0.4, -0.2) is 33.1 Å². The summed E-state index contributed by atoms with van der Waals surface area (Å²) >= 11 is 6.19. The molecule has 1 N–H and O–H groups in total. The van der Waals surface area contributed by atoms with E-state index in [1.54, 1.807) is 12.3 Å². The van der Waals surface area contributed by atoms with E-state index in [1.807, 2.05) is 6.07 Å². The fourth-order valence-corrected chi connectivity index (χ4v) is 2.96. The second-order valence-electron chi connectivity index (χ2n) is 6.16. The number of rotatable bonds is 7. The lowest BCUT2D eigenvalue weighted by molar-refractivity contribution is -0.0425. The third kappa shape index (κ3) is 4.60. The van der Waals surface area contributed by atoms with E-state index in [0.29, 0.717) is 12.4 Å². The summed E-state index contributed by atoms with van der Waals surface area (Å²) in [6, 6.07) is 3.62. The molecule has 0 amide bonds. The van der Waals surface area contributed by atoms with Crippen molar-refractivity contribution in [3.63, 3.8) is 0 Å². The Balaban J connectivity index is 1.69. The zero-order valence-corrected chi connectivity index (χ0v) is 15.2. The largest absolute Gasteiger partial charge is 0.452 e. The molecule has 140 valence electrons. The molecule has 1 saturated heterocycles. The maximum absolute atomic E-state index is 12.5. The number of nitrogens with zero attached hydrogens (tertiary/aromatic N) is 3. The maximum atomic E-state index is 12.5. The summed E-state index contributed by atoms with van der Waals surface area (Å²) in [4.78, 5) is 16.8. The fourth-order valence-electron chi connectivity index (χ4n) is 2.79. The lowest BCUT2D eigenvalue weighted by Crippen LogP contribution is -2.31. The number of halogens is 1. The van der Waals surface area contributed by atoms with Gasteiger partial charge in [0, 0.05) is 18.9 Å². The number of aliphatic hydroxyl groups excluding tert-OH is 1. The minimum atomic E-state index is -0.426. The maximum Gasteiger partial charge on any atom is 0.291 e. The van der Waals surface area contributed by atoms with Crippen molar-refractivity contribution >= 4 is 11.6 Å². The van der Waals surface area contributed by atoms with Gasteiger partial charge in [0.2, 0.25) is 0 Å². The summed E-state index contributed by atoms with van der Waals surface area (Å²) in [6.45, 7) is 0.801. The summed E-state index contributed by atoms with van der Waals surface area (Å²) in [5, 5.41) is 12.9. The topological polar surface area (TPSA) is 86.5 Å². The van der Waals surface area contributed by atoms with Gasteiger partial charge in [-0.05, 0) is 50.7 Å². The van der Waals surface area contributed by atoms with Crippen LogP contribution in [0.2, 0.25) is 5.02 Å². The number of hydrogen-bond donors (Lipinski definition) is 1. The van der Waals surface area contributed by atoms with Crippen molar-refractivity contribution in [1.29, 1.82) is 0 Å². The summed E-state index contributed by atoms with van der Waals surface area (Å²) in [6.07, 6.45) is 7.78. The fraction of sp³-hybridized carbons (Fsp3) is 0.500. The Morgan fingerprint density at radius 2 is 2.19 bits per heavy atom. The van der Waals surface area contributed by atoms with E-state index in [9.17, 15) is 4.79 Å². The second kappa shape index (κ2) is 9.12. The standard InChI is InChI=1S/C18H22ClN3O4/c19-17-15(12-21-22(18(17)24)16-6-2-4-10-25-16)26-14-8-7-13(20-11-14)5-1-3-9-23/h7-8,11-12,16,23H,1-6,9-10H2. The Hall–Kier alpha value is -1.96. The van der Waals surface area contributed by atoms with E-state index in [2.05, 4.69) is 10.1 Å². The number of unbranched alkanes of at least 4 members (excludes halogenated alkanes) is 1. The van der Waals surface area contributed by atoms with E-state index >= 15 is 0 Å². The highest BCUT2D eigenvalue weighted by Gasteiger charge is 2.21. The molecular weight excluding hydrogens is 358 g/mol. The molecule has 3 rings (SSSR count). The van der Waals surface area contributed by atoms with Crippen LogP contribution in [0, 0.1) is 0 Å². The molecule has 1 atom stereocenters. The molecule has 2 aromatic heterocycles. The molecule has 7 nitrogen and oxygen atoms in total. The number of hydrogen-bond acceptors (Lipinski definition) is 6. The molecule has 3 heterocycles. The van der Waals surface area contributed by atoms with Crippen molar-refractivity contribution in [2.45, 2.75) is 44.8 Å². The number of aryl methyl sites for hydroxylation is 1. The minimum Gasteiger partial charge on any atom is -0.452 e. The molecule has 0 saturated carbocycles. The molecule has 0 radical (unpaired) electrons. The van der Waals surface area contributed by atoms with E-state index in [1.165, 1.54) is 10.9 Å². The zero-order chi connectivity index (χ0) is 18.4. The predicted octanol–water partition coefficient (Wildman–Crippen LogP) is 3.10. The molecule has 1 aliphatic heterocycles. The first-order chi connectivity index (χ1) is 12.7. The molecule has 0 spiro atoms. The van der Waals surface area contributed by atoms with Crippen LogP contribution in [0.1, 0.15) is 44.0 Å². The van der Waals surface area contributed by atoms with Crippen molar-refractivity contribution in [2.75, 3.05) is 13.2 Å². The summed E-state index contributed by atoms with van der Waals surface area (Å²) in [5.74, 6) is 0.671. The molecule has 8 heteroatoms. The van der Waals surface area contributed by atoms with Crippen LogP contribution in [0.5, 0.6) is 11.5 Å². The Morgan fingerprint density at radius 3 is 2.88 bits per heavy atom. The lowest BCUT2D eigenvalue weighted by Gasteiger charge is -2.23. The third-order valence-electron chi connectivity index (χ3n) is 4.21. The van der Waals surface area contributed by atoms with Gasteiger partial charge in [-0.25, -0.2) is 0 Å². The molecule has 0 bridgehead atoms. The monoisotopic (exact) mass is 379 g/mol. The average Bonchev–Trinajstić information content (AvgIpc) is 2.68. The van der Waals surface area contributed by atoms with Crippen molar-refractivity contribution in [1.82, 2.24) is 14.8 Å². The van der Waals surface area contributed by atoms with Gasteiger partial charge in [-0.2, -0.15) is 9.78 Å². The van der Waals surface area contributed by atoms with Gasteiger partial charge in [0.1, 0.15) is 5.75 Å². The minimum absolute atomic E-state index is 0.0267. The van der Waals surface area contributed by atoms with Gasteiger partial charge in [0.05, 0.1) is 12.4 Å². The first kappa shape index (κ1) is 18.8. The zero-order valence-electron chi connectivity index (χ0n) is 14.4. The predicted molar refractivity (Wildman–Crippen MR) is 96.7 cm³/mol. The van der Waals surface area contributed by atoms with Crippen molar-refractivity contribution in [3.05, 3.63) is 45.6 Å². The smallest absolute Gasteiger partial charge is 0.291 e. The second-order valence-corrected chi connectivity index (χ2v) is 6.54. The van der Waals surface area contributed by atoms with Gasteiger partial charge in [0.25, 0.3) is 5.56 Å². The van der Waals surface area contributed by atoms with Crippen LogP contribution in [0.15, 0.2) is 29.3 Å². The average molecular weight is 380 g/mol. The van der Waals surface area contributed by atoms with Gasteiger partial charge in [-0.3, -0.25) is 9.78 Å². The molecule has 1 fully saturated rings. The van der Waals surface area contributed by atoms with Gasteiger partial charge < -0.3 is 14.6 Å². The molecule has 1 aliphatic rings. The number of ether oxygens (including phenoxy) is 2. The van der Waals surface area contributed by atoms with Crippen LogP contribution in [0.4, 0.5) is 0 Å². The number of aromatic nitrogens is 3. The van der Waals surface area contributed by atoms with E-state index in [4.69, 9.17) is 26.2 Å². The van der Waals surface area contributed by atoms with Crippen LogP contribution in [-0.2, 0) is 11.2 Å². The summed E-state index contributed by atoms with van der Waals surface area (Å²) < 4.78 is 12.5. The Bertz CT molecular complexity index is 773. The van der Waals surface area contributed by atoms with Gasteiger partial charge in [0.15, 0.2) is 17.0 Å². The highest BCUT2D eigenvalue weighted by atomic mass is 35.5. The molecule has 0 aromatic carbocycles. The molecular formula is C18H22ClN3O4. The highest BCUT2D eigenvalue weighted by Crippen LogP contribution is 2.27. The van der Waals surface area contributed by atoms with Crippen LogP contribution < -0.4 is 10.3 Å². The molecule has 0 aliphatic carbocycles. The third-order valence-corrected chi connectivity index (χ3v) is 4.55. The van der Waals surface area contributed by atoms with E-state index in [0.717, 1.165) is 44.2 Å². The van der Waals surface area contributed by atoms with Crippen molar-refractivity contribution in [3.8, 4) is 11.5 Å². The van der Waals surface area contributed by atoms with Crippen LogP contribution >= 0.6 is 11.6 Å². The quantitative estimate of drug-likeness (QED) is 0.744. The van der Waals surface area contributed by atoms with Gasteiger partial charge in [-0.1, -0.05) is 11.6 Å². The molecule has 1 unspecified atom stereocenters. The van der Waals surface area contributed by atoms with Crippen LogP contribution in [0.25, 0.3) is 0 Å². The highest BCUT2D eigenvalue weighted by molar-refractivity contribution is 6.31. The first-order valence-electron chi connectivity index (χ1n) is 8.81. The number of pyridine rings is 1. The summed E-state index contributed by atoms with van der Waals surface area (Å²) in [5.41, 5.74) is 0.490. The Morgan fingerprint density at radius 1 is 1.31 bits per heavy atom. The van der Waals surface area contributed by atoms with Gasteiger partial charge >= 0.3 is 0 Å². The number of aliphatic hydroxyl groups is 1. The van der Waals surface area contributed by atoms with Crippen molar-refractivity contribution in [2.24, 2.45) is 0 Å². The molecule has 26 heavy (non-hydrogen) atoms. The SMILES string of the molecule is O=c1c(Cl)c(Oc2ccc(CCCCO)nc2)cnn1C1CCCCO1. The summed E-state index contributed by atoms with van der Waals surface area (Å²) in [7, 11) is 0.